The highest BCUT2D eigenvalue weighted by Gasteiger charge is 2.47. The fraction of sp³-hybridized carbons (Fsp3) is 0.0270. The lowest BCUT2D eigenvalue weighted by atomic mass is 9.68. The molecule has 0 N–H and O–H groups in total. The van der Waals surface area contributed by atoms with E-state index in [0.29, 0.717) is 0 Å². The van der Waals surface area contributed by atoms with Gasteiger partial charge in [0.2, 0.25) is 0 Å². The van der Waals surface area contributed by atoms with E-state index in [-0.39, 0.29) is 0 Å². The molecular weight excluding hydrogens is 933 g/mol. The van der Waals surface area contributed by atoms with Gasteiger partial charge in [-0.05, 0) is 129 Å². The van der Waals surface area contributed by atoms with Crippen LogP contribution < -0.4 is 4.90 Å². The fourth-order valence-electron chi connectivity index (χ4n) is 12.4. The average molecular weight is 985 g/mol. The Balaban J connectivity index is 0.910. The van der Waals surface area contributed by atoms with Gasteiger partial charge in [-0.25, -0.2) is 0 Å². The second-order valence-electron chi connectivity index (χ2n) is 20.0. The Labute approximate surface area is 449 Å². The Morgan fingerprint density at radius 3 is 1.64 bits per heavy atom. The summed E-state index contributed by atoms with van der Waals surface area (Å²) in [5.41, 5.74) is 22.3. The van der Waals surface area contributed by atoms with Crippen LogP contribution in [0.3, 0.4) is 0 Å². The molecule has 14 rings (SSSR count). The van der Waals surface area contributed by atoms with Crippen molar-refractivity contribution in [1.29, 1.82) is 0 Å². The lowest BCUT2D eigenvalue weighted by Gasteiger charge is -2.34. The fourth-order valence-corrected chi connectivity index (χ4v) is 12.4. The van der Waals surface area contributed by atoms with Crippen LogP contribution in [0.25, 0.3) is 77.4 Å². The molecule has 0 saturated heterocycles. The van der Waals surface area contributed by atoms with Crippen LogP contribution >= 0.6 is 0 Å². The van der Waals surface area contributed by atoms with Gasteiger partial charge in [-0.1, -0.05) is 225 Å². The maximum absolute atomic E-state index is 6.61. The molecule has 0 spiro atoms. The van der Waals surface area contributed by atoms with E-state index < -0.39 is 5.41 Å². The van der Waals surface area contributed by atoms with E-state index in [2.05, 4.69) is 290 Å². The standard InChI is InChI=1S/C74H52N2O/c1-3-21-61(53-22-7-4-8-23-53)73-50(2)65-49-55(42-47-71(65)77-73)52-40-45-59(46-41-52)75(58-43-38-51(39-44-58)54-24-19-29-60(48-54)76-68-35-17-14-30-62(68)63-31-15-18-36-69(63)76)70-37-20-34-67-72(70)64-32-13-16-33-66(64)74(67,56-25-9-5-10-26-56)57-27-11-6-12-28-57/h3-49H,1H2,2H3/b61-21-. The molecule has 364 valence electrons. The van der Waals surface area contributed by atoms with E-state index in [0.717, 1.165) is 78.4 Å². The Hall–Kier alpha value is -9.96. The van der Waals surface area contributed by atoms with Crippen LogP contribution in [0.5, 0.6) is 0 Å². The third kappa shape index (κ3) is 7.42. The normalized spacial score (nSPS) is 12.7. The molecule has 2 heterocycles. The predicted molar refractivity (Wildman–Crippen MR) is 322 cm³/mol. The van der Waals surface area contributed by atoms with Crippen LogP contribution in [0, 0.1) is 6.92 Å². The topological polar surface area (TPSA) is 21.3 Å². The smallest absolute Gasteiger partial charge is 0.138 e. The number of nitrogens with zero attached hydrogens (tertiary/aromatic N) is 2. The van der Waals surface area contributed by atoms with Crippen LogP contribution in [0.4, 0.5) is 17.1 Å². The molecule has 2 aromatic heterocycles. The number of allylic oxidation sites excluding steroid dienone is 2. The molecular formula is C74H52N2O. The number of hydrogen-bond acceptors (Lipinski definition) is 2. The lowest BCUT2D eigenvalue weighted by molar-refractivity contribution is 0.597. The molecule has 11 aromatic carbocycles. The summed E-state index contributed by atoms with van der Waals surface area (Å²) in [6.07, 6.45) is 3.87. The molecule has 0 bridgehead atoms. The summed E-state index contributed by atoms with van der Waals surface area (Å²) in [5.74, 6) is 0.858. The van der Waals surface area contributed by atoms with Crippen molar-refractivity contribution in [3.63, 3.8) is 0 Å². The van der Waals surface area contributed by atoms with Gasteiger partial charge in [-0.3, -0.25) is 0 Å². The van der Waals surface area contributed by atoms with Crippen LogP contribution in [0.15, 0.2) is 296 Å². The summed E-state index contributed by atoms with van der Waals surface area (Å²) in [6.45, 7) is 6.18. The average Bonchev–Trinajstić information content (AvgIpc) is 4.35. The highest BCUT2D eigenvalue weighted by molar-refractivity contribution is 6.09. The van der Waals surface area contributed by atoms with Gasteiger partial charge >= 0.3 is 0 Å². The summed E-state index contributed by atoms with van der Waals surface area (Å²) in [6, 6.07) is 99.5. The first-order valence-corrected chi connectivity index (χ1v) is 26.4. The lowest BCUT2D eigenvalue weighted by Crippen LogP contribution is -2.28. The summed E-state index contributed by atoms with van der Waals surface area (Å²) in [5, 5.41) is 3.60. The second-order valence-corrected chi connectivity index (χ2v) is 20.0. The molecule has 0 amide bonds. The third-order valence-corrected chi connectivity index (χ3v) is 15.9. The summed E-state index contributed by atoms with van der Waals surface area (Å²) in [4.78, 5) is 2.45. The van der Waals surface area contributed by atoms with E-state index >= 15 is 0 Å². The maximum Gasteiger partial charge on any atom is 0.138 e. The second kappa shape index (κ2) is 18.8. The zero-order chi connectivity index (χ0) is 51.5. The van der Waals surface area contributed by atoms with E-state index in [4.69, 9.17) is 4.42 Å². The molecule has 0 unspecified atom stereocenters. The number of aromatic nitrogens is 1. The van der Waals surface area contributed by atoms with Crippen molar-refractivity contribution in [3.05, 3.63) is 331 Å². The van der Waals surface area contributed by atoms with Gasteiger partial charge in [0.25, 0.3) is 0 Å². The number of aryl methyl sites for hydroxylation is 1. The van der Waals surface area contributed by atoms with Crippen molar-refractivity contribution < 1.29 is 4.42 Å². The van der Waals surface area contributed by atoms with Gasteiger partial charge < -0.3 is 13.9 Å². The maximum atomic E-state index is 6.61. The van der Waals surface area contributed by atoms with Crippen molar-refractivity contribution in [2.24, 2.45) is 0 Å². The van der Waals surface area contributed by atoms with Gasteiger partial charge in [0.15, 0.2) is 0 Å². The van der Waals surface area contributed by atoms with E-state index in [9.17, 15) is 0 Å². The van der Waals surface area contributed by atoms with Crippen molar-refractivity contribution in [2.45, 2.75) is 12.3 Å². The molecule has 0 aliphatic heterocycles. The van der Waals surface area contributed by atoms with Crippen LogP contribution in [-0.4, -0.2) is 4.57 Å². The molecule has 0 saturated carbocycles. The van der Waals surface area contributed by atoms with Crippen LogP contribution in [0.1, 0.15) is 39.1 Å². The number of benzene rings is 11. The van der Waals surface area contributed by atoms with E-state index in [1.165, 1.54) is 55.2 Å². The van der Waals surface area contributed by atoms with E-state index in [1.54, 1.807) is 0 Å². The van der Waals surface area contributed by atoms with Crippen molar-refractivity contribution in [3.8, 4) is 39.1 Å². The van der Waals surface area contributed by atoms with Gasteiger partial charge in [0.05, 0.1) is 22.1 Å². The highest BCUT2D eigenvalue weighted by atomic mass is 16.3. The zero-order valence-corrected chi connectivity index (χ0v) is 42.6. The molecule has 1 aliphatic carbocycles. The zero-order valence-electron chi connectivity index (χ0n) is 42.6. The van der Waals surface area contributed by atoms with Crippen LogP contribution in [0.2, 0.25) is 0 Å². The first-order valence-electron chi connectivity index (χ1n) is 26.4. The van der Waals surface area contributed by atoms with Gasteiger partial charge in [-0.2, -0.15) is 0 Å². The minimum absolute atomic E-state index is 0.543. The molecule has 0 fully saturated rings. The first-order chi connectivity index (χ1) is 38.1. The minimum Gasteiger partial charge on any atom is -0.456 e. The molecule has 77 heavy (non-hydrogen) atoms. The summed E-state index contributed by atoms with van der Waals surface area (Å²) < 4.78 is 9.00. The number of rotatable bonds is 11. The van der Waals surface area contributed by atoms with Gasteiger partial charge in [-0.15, -0.1) is 0 Å². The Kier molecular flexibility index (Phi) is 11.1. The van der Waals surface area contributed by atoms with Crippen molar-refractivity contribution in [2.75, 3.05) is 4.90 Å². The third-order valence-electron chi connectivity index (χ3n) is 15.9. The molecule has 13 aromatic rings. The molecule has 3 heteroatoms. The largest absolute Gasteiger partial charge is 0.456 e. The van der Waals surface area contributed by atoms with Gasteiger partial charge in [0, 0.05) is 49.9 Å². The SMILES string of the molecule is C=C/C=C(/c1ccccc1)c1oc2ccc(-c3ccc(N(c4ccc(-c5cccc(-n6c7ccccc7c7ccccc76)c5)cc4)c4cccc5c4-c4ccccc4C5(c4ccccc4)c4ccccc4)cc3)cc2c1C. The van der Waals surface area contributed by atoms with Crippen molar-refractivity contribution >= 4 is 55.4 Å². The van der Waals surface area contributed by atoms with Crippen LogP contribution in [-0.2, 0) is 5.41 Å². The number of hydrogen-bond donors (Lipinski definition) is 0. The predicted octanol–water partition coefficient (Wildman–Crippen LogP) is 19.6. The molecule has 1 aliphatic rings. The first kappa shape index (κ1) is 45.6. The summed E-state index contributed by atoms with van der Waals surface area (Å²) >= 11 is 0. The number of para-hydroxylation sites is 2. The highest BCUT2D eigenvalue weighted by Crippen LogP contribution is 2.59. The number of anilines is 3. The molecule has 0 atom stereocenters. The van der Waals surface area contributed by atoms with Gasteiger partial charge in [0.1, 0.15) is 11.3 Å². The molecule has 0 radical (unpaired) electrons. The number of furan rings is 1. The molecule has 3 nitrogen and oxygen atoms in total. The van der Waals surface area contributed by atoms with Crippen molar-refractivity contribution in [1.82, 2.24) is 4.57 Å². The monoisotopic (exact) mass is 984 g/mol. The Bertz CT molecular complexity index is 4300. The minimum atomic E-state index is -0.543. The van der Waals surface area contributed by atoms with E-state index in [1.807, 2.05) is 18.2 Å². The quantitative estimate of drug-likeness (QED) is 0.120. The Morgan fingerprint density at radius 2 is 1.00 bits per heavy atom. The number of fused-ring (bicyclic) bond motifs is 7. The summed E-state index contributed by atoms with van der Waals surface area (Å²) in [7, 11) is 0. The Morgan fingerprint density at radius 1 is 0.468 bits per heavy atom.